The second kappa shape index (κ2) is 7.56. The molecule has 1 amide bonds. The molecule has 1 saturated heterocycles. The first kappa shape index (κ1) is 19.2. The largest absolute Gasteiger partial charge is 0.345 e. The van der Waals surface area contributed by atoms with Gasteiger partial charge in [0.25, 0.3) is 5.91 Å². The van der Waals surface area contributed by atoms with E-state index in [2.05, 4.69) is 21.0 Å². The molecule has 140 valence electrons. The van der Waals surface area contributed by atoms with Crippen LogP contribution in [0.4, 0.5) is 0 Å². The summed E-state index contributed by atoms with van der Waals surface area (Å²) in [5.41, 5.74) is 0.373. The van der Waals surface area contributed by atoms with Gasteiger partial charge in [-0.3, -0.25) is 9.36 Å². The van der Waals surface area contributed by atoms with E-state index >= 15 is 0 Å². The van der Waals surface area contributed by atoms with Crippen molar-refractivity contribution >= 4 is 33.4 Å². The van der Waals surface area contributed by atoms with Crippen LogP contribution in [-0.4, -0.2) is 38.2 Å². The number of likely N-dealkylation sites (tertiary alicyclic amines) is 1. The zero-order chi connectivity index (χ0) is 19.0. The van der Waals surface area contributed by atoms with Crippen LogP contribution in [0.25, 0.3) is 0 Å². The highest BCUT2D eigenvalue weighted by molar-refractivity contribution is 9.10. The van der Waals surface area contributed by atoms with Gasteiger partial charge in [0.2, 0.25) is 0 Å². The minimum absolute atomic E-state index is 0.0248. The summed E-state index contributed by atoms with van der Waals surface area (Å²) in [6.45, 7) is 5.15. The van der Waals surface area contributed by atoms with E-state index in [0.29, 0.717) is 23.7 Å². The summed E-state index contributed by atoms with van der Waals surface area (Å²) in [5.74, 6) is 0.704. The second-order valence-electron chi connectivity index (χ2n) is 6.94. The number of rotatable bonds is 3. The van der Waals surface area contributed by atoms with Crippen molar-refractivity contribution in [2.24, 2.45) is 7.05 Å². The Hall–Kier alpha value is -1.60. The number of hydrogen-bond acceptors (Lipinski definition) is 3. The molecule has 1 atom stereocenters. The van der Waals surface area contributed by atoms with Crippen molar-refractivity contribution in [2.45, 2.75) is 38.6 Å². The number of aromatic nitrogens is 3. The monoisotopic (exact) mass is 440 g/mol. The highest BCUT2D eigenvalue weighted by Crippen LogP contribution is 2.29. The van der Waals surface area contributed by atoms with Crippen LogP contribution in [0.15, 0.2) is 27.5 Å². The number of amides is 1. The fourth-order valence-electron chi connectivity index (χ4n) is 3.47. The Labute approximate surface area is 165 Å². The van der Waals surface area contributed by atoms with Gasteiger partial charge in [0.1, 0.15) is 5.82 Å². The van der Waals surface area contributed by atoms with Gasteiger partial charge in [-0.05, 0) is 44.9 Å². The number of piperidine rings is 1. The Morgan fingerprint density at radius 2 is 2.12 bits per heavy atom. The lowest BCUT2D eigenvalue weighted by atomic mass is 9.96. The third kappa shape index (κ3) is 3.60. The van der Waals surface area contributed by atoms with Gasteiger partial charge in [0, 0.05) is 36.6 Å². The molecule has 1 aromatic carbocycles. The topological polar surface area (TPSA) is 60.1 Å². The zero-order valence-electron chi connectivity index (χ0n) is 15.1. The Kier molecular flexibility index (Phi) is 5.58. The molecule has 26 heavy (non-hydrogen) atoms. The van der Waals surface area contributed by atoms with Crippen molar-refractivity contribution in [3.63, 3.8) is 0 Å². The van der Waals surface area contributed by atoms with Crippen molar-refractivity contribution in [3.05, 3.63) is 49.6 Å². The van der Waals surface area contributed by atoms with E-state index in [1.165, 1.54) is 4.68 Å². The third-order valence-corrected chi connectivity index (χ3v) is 5.55. The van der Waals surface area contributed by atoms with E-state index in [9.17, 15) is 9.59 Å². The van der Waals surface area contributed by atoms with Crippen molar-refractivity contribution in [2.75, 3.05) is 13.1 Å². The maximum atomic E-state index is 13.0. The van der Waals surface area contributed by atoms with Gasteiger partial charge >= 0.3 is 5.69 Å². The molecule has 0 bridgehead atoms. The summed E-state index contributed by atoms with van der Waals surface area (Å²) in [6.07, 6.45) is 1.77. The number of carbonyl (C=O) groups is 1. The third-order valence-electron chi connectivity index (χ3n) is 4.73. The number of nitrogens with zero attached hydrogens (tertiary/aromatic N) is 4. The molecule has 1 aliphatic heterocycles. The zero-order valence-corrected chi connectivity index (χ0v) is 17.4. The predicted octanol–water partition coefficient (Wildman–Crippen LogP) is 3.60. The van der Waals surface area contributed by atoms with Crippen LogP contribution in [0.3, 0.4) is 0 Å². The summed E-state index contributed by atoms with van der Waals surface area (Å²) >= 11 is 9.62. The Balaban J connectivity index is 1.89. The molecule has 0 aliphatic carbocycles. The minimum Gasteiger partial charge on any atom is -0.338 e. The molecule has 0 radical (unpaired) electrons. The highest BCUT2D eigenvalue weighted by Gasteiger charge is 2.30. The lowest BCUT2D eigenvalue weighted by molar-refractivity contribution is 0.0703. The van der Waals surface area contributed by atoms with E-state index in [-0.39, 0.29) is 23.6 Å². The fourth-order valence-corrected chi connectivity index (χ4v) is 4.03. The molecule has 1 aliphatic rings. The first-order valence-corrected chi connectivity index (χ1v) is 9.86. The molecule has 6 nitrogen and oxygen atoms in total. The summed E-state index contributed by atoms with van der Waals surface area (Å²) < 4.78 is 3.92. The van der Waals surface area contributed by atoms with Crippen molar-refractivity contribution in [3.8, 4) is 0 Å². The average molecular weight is 442 g/mol. The normalized spacial score (nSPS) is 17.8. The van der Waals surface area contributed by atoms with E-state index in [0.717, 1.165) is 23.1 Å². The van der Waals surface area contributed by atoms with Crippen LogP contribution in [-0.2, 0) is 7.05 Å². The van der Waals surface area contributed by atoms with Gasteiger partial charge < -0.3 is 4.90 Å². The van der Waals surface area contributed by atoms with Gasteiger partial charge in [-0.1, -0.05) is 27.5 Å². The predicted molar refractivity (Wildman–Crippen MR) is 105 cm³/mol. The molecule has 1 fully saturated rings. The molecule has 2 aromatic rings. The van der Waals surface area contributed by atoms with Gasteiger partial charge in [-0.15, -0.1) is 0 Å². The smallest absolute Gasteiger partial charge is 0.338 e. The van der Waals surface area contributed by atoms with Crippen molar-refractivity contribution < 1.29 is 4.79 Å². The second-order valence-corrected chi connectivity index (χ2v) is 8.27. The Morgan fingerprint density at radius 1 is 1.38 bits per heavy atom. The van der Waals surface area contributed by atoms with Crippen LogP contribution < -0.4 is 5.69 Å². The SMILES string of the molecule is CC(C)n1c(C2CCCN(C(=O)c3cc(Br)ccc3Cl)C2)nn(C)c1=O. The average Bonchev–Trinajstić information content (AvgIpc) is 2.92. The molecule has 8 heteroatoms. The van der Waals surface area contributed by atoms with Crippen LogP contribution in [0.1, 0.15) is 54.8 Å². The summed E-state index contributed by atoms with van der Waals surface area (Å²) in [6, 6.07) is 5.30. The van der Waals surface area contributed by atoms with Gasteiger partial charge in [0.15, 0.2) is 0 Å². The lowest BCUT2D eigenvalue weighted by Crippen LogP contribution is -2.40. The molecule has 0 N–H and O–H groups in total. The molecule has 0 spiro atoms. The molecule has 2 heterocycles. The molecule has 3 rings (SSSR count). The standard InChI is InChI=1S/C18H22BrClN4O2/c1-11(2)24-16(21-22(3)18(24)26)12-5-4-8-23(10-12)17(25)14-9-13(19)6-7-15(14)20/h6-7,9,11-12H,4-5,8,10H2,1-3H3. The highest BCUT2D eigenvalue weighted by atomic mass is 79.9. The first-order chi connectivity index (χ1) is 12.3. The van der Waals surface area contributed by atoms with E-state index < -0.39 is 0 Å². The quantitative estimate of drug-likeness (QED) is 0.731. The maximum Gasteiger partial charge on any atom is 0.345 e. The molecule has 1 aromatic heterocycles. The molecular weight excluding hydrogens is 420 g/mol. The van der Waals surface area contributed by atoms with Crippen LogP contribution in [0, 0.1) is 0 Å². The fraction of sp³-hybridized carbons (Fsp3) is 0.500. The van der Waals surface area contributed by atoms with Crippen LogP contribution in [0.2, 0.25) is 5.02 Å². The maximum absolute atomic E-state index is 13.0. The van der Waals surface area contributed by atoms with Crippen LogP contribution >= 0.6 is 27.5 Å². The number of halogens is 2. The molecule has 0 saturated carbocycles. The number of carbonyl (C=O) groups excluding carboxylic acids is 1. The minimum atomic E-state index is -0.117. The Bertz CT molecular complexity index is 890. The summed E-state index contributed by atoms with van der Waals surface area (Å²) in [7, 11) is 1.66. The van der Waals surface area contributed by atoms with E-state index in [1.807, 2.05) is 24.8 Å². The number of benzene rings is 1. The summed E-state index contributed by atoms with van der Waals surface area (Å²) in [4.78, 5) is 27.1. The lowest BCUT2D eigenvalue weighted by Gasteiger charge is -2.33. The van der Waals surface area contributed by atoms with Gasteiger partial charge in [-0.25, -0.2) is 9.48 Å². The molecule has 1 unspecified atom stereocenters. The summed E-state index contributed by atoms with van der Waals surface area (Å²) in [5, 5.41) is 4.89. The van der Waals surface area contributed by atoms with Gasteiger partial charge in [0.05, 0.1) is 10.6 Å². The Morgan fingerprint density at radius 3 is 2.81 bits per heavy atom. The first-order valence-electron chi connectivity index (χ1n) is 8.69. The van der Waals surface area contributed by atoms with Crippen molar-refractivity contribution in [1.82, 2.24) is 19.2 Å². The van der Waals surface area contributed by atoms with E-state index in [1.54, 1.807) is 23.7 Å². The van der Waals surface area contributed by atoms with Crippen molar-refractivity contribution in [1.29, 1.82) is 0 Å². The van der Waals surface area contributed by atoms with Crippen LogP contribution in [0.5, 0.6) is 0 Å². The number of aryl methyl sites for hydroxylation is 1. The number of hydrogen-bond donors (Lipinski definition) is 0. The van der Waals surface area contributed by atoms with Gasteiger partial charge in [-0.2, -0.15) is 5.10 Å². The molecular formula is C18H22BrClN4O2. The van der Waals surface area contributed by atoms with E-state index in [4.69, 9.17) is 11.6 Å².